The topological polar surface area (TPSA) is 41.6 Å². The standard InChI is InChI=1S/C16H22F2N2O2.ClH/c1-2-9-20(13-7-8-19-11-13)15(21)10-12-5-3-4-6-14(12)22-16(17)18;/h3-6,13,16,19H,2,7-11H2,1H3;1H. The van der Waals surface area contributed by atoms with Crippen LogP contribution in [0.1, 0.15) is 25.3 Å². The largest absolute Gasteiger partial charge is 0.435 e. The molecule has 2 rings (SSSR count). The number of halogens is 3. The molecule has 1 aromatic rings. The number of amides is 1. The quantitative estimate of drug-likeness (QED) is 0.824. The third-order valence-electron chi connectivity index (χ3n) is 3.79. The van der Waals surface area contributed by atoms with Gasteiger partial charge in [-0.3, -0.25) is 4.79 Å². The van der Waals surface area contributed by atoms with Crippen LogP contribution in [-0.4, -0.2) is 43.1 Å². The van der Waals surface area contributed by atoms with E-state index in [-0.39, 0.29) is 36.5 Å². The molecular weight excluding hydrogens is 326 g/mol. The smallest absolute Gasteiger partial charge is 0.387 e. The summed E-state index contributed by atoms with van der Waals surface area (Å²) in [7, 11) is 0. The lowest BCUT2D eigenvalue weighted by Gasteiger charge is -2.28. The molecule has 1 saturated heterocycles. The first kappa shape index (κ1) is 19.6. The van der Waals surface area contributed by atoms with Crippen molar-refractivity contribution in [1.29, 1.82) is 0 Å². The molecule has 4 nitrogen and oxygen atoms in total. The van der Waals surface area contributed by atoms with Gasteiger partial charge < -0.3 is 15.0 Å². The predicted molar refractivity (Wildman–Crippen MR) is 87.3 cm³/mol. The summed E-state index contributed by atoms with van der Waals surface area (Å²) in [4.78, 5) is 14.4. The van der Waals surface area contributed by atoms with Gasteiger partial charge in [0.2, 0.25) is 5.91 Å². The minimum atomic E-state index is -2.89. The monoisotopic (exact) mass is 348 g/mol. The van der Waals surface area contributed by atoms with Crippen molar-refractivity contribution in [3.63, 3.8) is 0 Å². The van der Waals surface area contributed by atoms with Gasteiger partial charge in [-0.15, -0.1) is 12.4 Å². The van der Waals surface area contributed by atoms with Crippen LogP contribution in [0.15, 0.2) is 24.3 Å². The Morgan fingerprint density at radius 2 is 2.17 bits per heavy atom. The zero-order chi connectivity index (χ0) is 15.9. The molecule has 1 N–H and O–H groups in total. The Hall–Kier alpha value is -1.40. The van der Waals surface area contributed by atoms with E-state index in [1.807, 2.05) is 11.8 Å². The molecule has 1 atom stereocenters. The lowest BCUT2D eigenvalue weighted by atomic mass is 10.1. The third kappa shape index (κ3) is 5.62. The Balaban J connectivity index is 0.00000264. The molecule has 0 aliphatic carbocycles. The van der Waals surface area contributed by atoms with E-state index < -0.39 is 6.61 Å². The second-order valence-electron chi connectivity index (χ2n) is 5.40. The highest BCUT2D eigenvalue weighted by atomic mass is 35.5. The van der Waals surface area contributed by atoms with Crippen molar-refractivity contribution in [2.75, 3.05) is 19.6 Å². The van der Waals surface area contributed by atoms with Crippen LogP contribution >= 0.6 is 12.4 Å². The lowest BCUT2D eigenvalue weighted by molar-refractivity contribution is -0.132. The molecule has 0 bridgehead atoms. The molecule has 7 heteroatoms. The van der Waals surface area contributed by atoms with Gasteiger partial charge in [0.25, 0.3) is 0 Å². The fraction of sp³-hybridized carbons (Fsp3) is 0.562. The molecule has 1 amide bonds. The average molecular weight is 349 g/mol. The average Bonchev–Trinajstić information content (AvgIpc) is 3.00. The first-order chi connectivity index (χ1) is 10.6. The summed E-state index contributed by atoms with van der Waals surface area (Å²) < 4.78 is 29.4. The summed E-state index contributed by atoms with van der Waals surface area (Å²) in [6.45, 7) is 1.52. The minimum Gasteiger partial charge on any atom is -0.435 e. The number of hydrogen-bond donors (Lipinski definition) is 1. The predicted octanol–water partition coefficient (Wildman–Crippen LogP) is 2.85. The van der Waals surface area contributed by atoms with Gasteiger partial charge in [-0.2, -0.15) is 8.78 Å². The fourth-order valence-electron chi connectivity index (χ4n) is 2.78. The van der Waals surface area contributed by atoms with Crippen molar-refractivity contribution >= 4 is 18.3 Å². The van der Waals surface area contributed by atoms with Gasteiger partial charge in [-0.1, -0.05) is 25.1 Å². The zero-order valence-electron chi connectivity index (χ0n) is 13.1. The van der Waals surface area contributed by atoms with Gasteiger partial charge in [0.05, 0.1) is 6.42 Å². The fourth-order valence-corrected chi connectivity index (χ4v) is 2.78. The molecule has 0 saturated carbocycles. The second kappa shape index (κ2) is 9.67. The van der Waals surface area contributed by atoms with Gasteiger partial charge in [-0.05, 0) is 25.5 Å². The van der Waals surface area contributed by atoms with Gasteiger partial charge in [0, 0.05) is 24.7 Å². The highest BCUT2D eigenvalue weighted by molar-refractivity contribution is 5.85. The van der Waals surface area contributed by atoms with E-state index in [4.69, 9.17) is 0 Å². The molecule has 1 aliphatic rings. The van der Waals surface area contributed by atoms with Crippen LogP contribution in [0.25, 0.3) is 0 Å². The van der Waals surface area contributed by atoms with Crippen LogP contribution in [0.5, 0.6) is 5.75 Å². The Morgan fingerprint density at radius 1 is 1.43 bits per heavy atom. The van der Waals surface area contributed by atoms with Crippen molar-refractivity contribution in [3.8, 4) is 5.75 Å². The molecule has 0 spiro atoms. The molecule has 1 unspecified atom stereocenters. The van der Waals surface area contributed by atoms with Gasteiger partial charge in [0.1, 0.15) is 5.75 Å². The number of nitrogens with one attached hydrogen (secondary N) is 1. The van der Waals surface area contributed by atoms with E-state index in [1.165, 1.54) is 6.07 Å². The van der Waals surface area contributed by atoms with Crippen LogP contribution in [0.3, 0.4) is 0 Å². The molecular formula is C16H23ClF2N2O2. The van der Waals surface area contributed by atoms with Crippen LogP contribution in [0.4, 0.5) is 8.78 Å². The molecule has 130 valence electrons. The number of ether oxygens (including phenoxy) is 1. The highest BCUT2D eigenvalue weighted by Gasteiger charge is 2.26. The van der Waals surface area contributed by atoms with Crippen molar-refractivity contribution in [1.82, 2.24) is 10.2 Å². The molecule has 1 aromatic carbocycles. The van der Waals surface area contributed by atoms with Crippen molar-refractivity contribution < 1.29 is 18.3 Å². The van der Waals surface area contributed by atoms with Crippen LogP contribution in [-0.2, 0) is 11.2 Å². The number of para-hydroxylation sites is 1. The van der Waals surface area contributed by atoms with E-state index in [1.54, 1.807) is 18.2 Å². The first-order valence-corrected chi connectivity index (χ1v) is 7.64. The minimum absolute atomic E-state index is 0. The number of alkyl halides is 2. The van der Waals surface area contributed by atoms with E-state index in [0.717, 1.165) is 25.9 Å². The molecule has 1 heterocycles. The number of carbonyl (C=O) groups excluding carboxylic acids is 1. The maximum atomic E-state index is 12.6. The van der Waals surface area contributed by atoms with Crippen LogP contribution < -0.4 is 10.1 Å². The molecule has 0 radical (unpaired) electrons. The molecule has 1 aliphatic heterocycles. The Morgan fingerprint density at radius 3 is 2.78 bits per heavy atom. The summed E-state index contributed by atoms with van der Waals surface area (Å²) in [5.41, 5.74) is 0.500. The Bertz CT molecular complexity index is 497. The number of carbonyl (C=O) groups is 1. The normalized spacial score (nSPS) is 17.0. The lowest BCUT2D eigenvalue weighted by Crippen LogP contribution is -2.42. The van der Waals surface area contributed by atoms with Crippen molar-refractivity contribution in [2.45, 2.75) is 38.8 Å². The SMILES string of the molecule is CCCN(C(=O)Cc1ccccc1OC(F)F)C1CCNC1.Cl. The van der Waals surface area contributed by atoms with Gasteiger partial charge in [0.15, 0.2) is 0 Å². The second-order valence-corrected chi connectivity index (χ2v) is 5.40. The number of rotatable bonds is 7. The van der Waals surface area contributed by atoms with E-state index >= 15 is 0 Å². The zero-order valence-corrected chi connectivity index (χ0v) is 14.0. The molecule has 0 aromatic heterocycles. The first-order valence-electron chi connectivity index (χ1n) is 7.64. The van der Waals surface area contributed by atoms with E-state index in [9.17, 15) is 13.6 Å². The summed E-state index contributed by atoms with van der Waals surface area (Å²) in [6.07, 6.45) is 1.89. The van der Waals surface area contributed by atoms with E-state index in [0.29, 0.717) is 12.1 Å². The summed E-state index contributed by atoms with van der Waals surface area (Å²) in [6, 6.07) is 6.66. The Kier molecular flexibility index (Phi) is 8.26. The van der Waals surface area contributed by atoms with Crippen LogP contribution in [0.2, 0.25) is 0 Å². The number of benzene rings is 1. The van der Waals surface area contributed by atoms with Gasteiger partial charge in [-0.25, -0.2) is 0 Å². The summed E-state index contributed by atoms with van der Waals surface area (Å²) in [5.74, 6) is 0.0349. The maximum Gasteiger partial charge on any atom is 0.387 e. The van der Waals surface area contributed by atoms with Crippen molar-refractivity contribution in [3.05, 3.63) is 29.8 Å². The highest BCUT2D eigenvalue weighted by Crippen LogP contribution is 2.22. The number of hydrogen-bond acceptors (Lipinski definition) is 3. The molecule has 23 heavy (non-hydrogen) atoms. The maximum absolute atomic E-state index is 12.6. The van der Waals surface area contributed by atoms with Crippen molar-refractivity contribution in [2.24, 2.45) is 0 Å². The summed E-state index contributed by atoms with van der Waals surface area (Å²) >= 11 is 0. The third-order valence-corrected chi connectivity index (χ3v) is 3.79. The van der Waals surface area contributed by atoms with E-state index in [2.05, 4.69) is 10.1 Å². The summed E-state index contributed by atoms with van der Waals surface area (Å²) in [5, 5.41) is 3.25. The van der Waals surface area contributed by atoms with Gasteiger partial charge >= 0.3 is 6.61 Å². The molecule has 1 fully saturated rings. The number of nitrogens with zero attached hydrogens (tertiary/aromatic N) is 1. The van der Waals surface area contributed by atoms with Crippen LogP contribution in [0, 0.1) is 0 Å². The Labute approximate surface area is 141 Å².